The molecule has 1 amide bonds. The molecule has 1 aromatic carbocycles. The second-order valence-corrected chi connectivity index (χ2v) is 6.17. The highest BCUT2D eigenvalue weighted by Crippen LogP contribution is 2.31. The van der Waals surface area contributed by atoms with Gasteiger partial charge in [0.2, 0.25) is 5.91 Å². The zero-order valence-corrected chi connectivity index (χ0v) is 12.7. The Labute approximate surface area is 123 Å². The molecule has 2 saturated heterocycles. The van der Waals surface area contributed by atoms with Crippen LogP contribution in [0.1, 0.15) is 25.1 Å². The Hall–Kier alpha value is -1.04. The molecule has 3 atom stereocenters. The first kappa shape index (κ1) is 13.9. The van der Waals surface area contributed by atoms with E-state index in [0.717, 1.165) is 18.6 Å². The van der Waals surface area contributed by atoms with Crippen molar-refractivity contribution in [1.29, 1.82) is 0 Å². The zero-order valence-electron chi connectivity index (χ0n) is 11.8. The first-order chi connectivity index (χ1) is 9.70. The number of rotatable bonds is 3. The molecule has 5 heteroatoms. The van der Waals surface area contributed by atoms with Gasteiger partial charge in [0.05, 0.1) is 18.7 Å². The summed E-state index contributed by atoms with van der Waals surface area (Å²) in [6.45, 7) is 3.21. The molecular formula is C15H20N2O2S. The number of benzene rings is 1. The van der Waals surface area contributed by atoms with Crippen molar-refractivity contribution < 1.29 is 9.53 Å². The van der Waals surface area contributed by atoms with Gasteiger partial charge >= 0.3 is 0 Å². The lowest BCUT2D eigenvalue weighted by atomic mass is 10.1. The molecule has 20 heavy (non-hydrogen) atoms. The van der Waals surface area contributed by atoms with E-state index in [4.69, 9.17) is 4.74 Å². The summed E-state index contributed by atoms with van der Waals surface area (Å²) in [5, 5.41) is 3.32. The summed E-state index contributed by atoms with van der Waals surface area (Å²) in [5.74, 6) is 0.172. The van der Waals surface area contributed by atoms with Crippen molar-refractivity contribution in [2.75, 3.05) is 19.4 Å². The van der Waals surface area contributed by atoms with Gasteiger partial charge < -0.3 is 9.64 Å². The third kappa shape index (κ3) is 2.45. The van der Waals surface area contributed by atoms with Gasteiger partial charge in [-0.3, -0.25) is 10.1 Å². The predicted molar refractivity (Wildman–Crippen MR) is 79.6 cm³/mol. The van der Waals surface area contributed by atoms with Crippen LogP contribution in [0.15, 0.2) is 29.2 Å². The summed E-state index contributed by atoms with van der Waals surface area (Å²) >= 11 is 1.73. The van der Waals surface area contributed by atoms with Gasteiger partial charge in [-0.1, -0.05) is 12.1 Å². The molecule has 2 aliphatic rings. The van der Waals surface area contributed by atoms with E-state index in [1.165, 1.54) is 4.90 Å². The maximum Gasteiger partial charge on any atom is 0.238 e. The van der Waals surface area contributed by atoms with Crippen LogP contribution in [0, 0.1) is 0 Å². The largest absolute Gasteiger partial charge is 0.376 e. The Bertz CT molecular complexity index is 491. The van der Waals surface area contributed by atoms with Gasteiger partial charge in [0.25, 0.3) is 0 Å². The summed E-state index contributed by atoms with van der Waals surface area (Å²) in [7, 11) is 0. The van der Waals surface area contributed by atoms with Crippen LogP contribution in [-0.2, 0) is 9.53 Å². The average molecular weight is 292 g/mol. The highest BCUT2D eigenvalue weighted by molar-refractivity contribution is 7.98. The van der Waals surface area contributed by atoms with E-state index in [1.54, 1.807) is 11.8 Å². The van der Waals surface area contributed by atoms with Gasteiger partial charge in [0.15, 0.2) is 0 Å². The van der Waals surface area contributed by atoms with Crippen LogP contribution in [0.5, 0.6) is 0 Å². The summed E-state index contributed by atoms with van der Waals surface area (Å²) in [6.07, 6.45) is 3.09. The van der Waals surface area contributed by atoms with Gasteiger partial charge in [0.1, 0.15) is 6.17 Å². The van der Waals surface area contributed by atoms with Crippen molar-refractivity contribution in [3.05, 3.63) is 29.8 Å². The quantitative estimate of drug-likeness (QED) is 0.866. The Morgan fingerprint density at radius 2 is 2.10 bits per heavy atom. The highest BCUT2D eigenvalue weighted by Gasteiger charge is 2.41. The summed E-state index contributed by atoms with van der Waals surface area (Å²) < 4.78 is 5.62. The van der Waals surface area contributed by atoms with Crippen LogP contribution in [-0.4, -0.2) is 42.4 Å². The van der Waals surface area contributed by atoms with Gasteiger partial charge in [-0.2, -0.15) is 0 Å². The van der Waals surface area contributed by atoms with E-state index in [1.807, 2.05) is 4.90 Å². The number of carbonyl (C=O) groups is 1. The molecule has 108 valence electrons. The number of amides is 1. The number of thioether (sulfide) groups is 1. The van der Waals surface area contributed by atoms with Gasteiger partial charge in [-0.15, -0.1) is 11.8 Å². The zero-order chi connectivity index (χ0) is 14.1. The van der Waals surface area contributed by atoms with Crippen molar-refractivity contribution in [3.8, 4) is 0 Å². The predicted octanol–water partition coefficient (Wildman–Crippen LogP) is 2.02. The van der Waals surface area contributed by atoms with E-state index in [-0.39, 0.29) is 24.2 Å². The van der Waals surface area contributed by atoms with Crippen molar-refractivity contribution in [2.24, 2.45) is 0 Å². The van der Waals surface area contributed by atoms with Crippen LogP contribution in [0.3, 0.4) is 0 Å². The van der Waals surface area contributed by atoms with Crippen LogP contribution >= 0.6 is 11.8 Å². The SMILES string of the molecule is CSc1ccc(C2NCC(=O)N2C2CCOC2C)cc1. The Morgan fingerprint density at radius 3 is 2.70 bits per heavy atom. The summed E-state index contributed by atoms with van der Waals surface area (Å²) in [5.41, 5.74) is 1.15. The Morgan fingerprint density at radius 1 is 1.35 bits per heavy atom. The maximum absolute atomic E-state index is 12.2. The molecule has 1 aromatic rings. The molecule has 0 radical (unpaired) electrons. The van der Waals surface area contributed by atoms with E-state index >= 15 is 0 Å². The molecule has 2 heterocycles. The fraction of sp³-hybridized carbons (Fsp3) is 0.533. The number of hydrogen-bond donors (Lipinski definition) is 1. The van der Waals surface area contributed by atoms with Crippen molar-refractivity contribution >= 4 is 17.7 Å². The number of carbonyl (C=O) groups excluding carboxylic acids is 1. The number of ether oxygens (including phenoxy) is 1. The summed E-state index contributed by atoms with van der Waals surface area (Å²) in [4.78, 5) is 15.4. The average Bonchev–Trinajstić information content (AvgIpc) is 3.04. The molecule has 0 bridgehead atoms. The molecule has 3 rings (SSSR count). The van der Waals surface area contributed by atoms with Crippen LogP contribution in [0.2, 0.25) is 0 Å². The number of nitrogens with one attached hydrogen (secondary N) is 1. The summed E-state index contributed by atoms with van der Waals surface area (Å²) in [6, 6.07) is 8.61. The lowest BCUT2D eigenvalue weighted by Gasteiger charge is -2.32. The molecule has 0 spiro atoms. The Kier molecular flexibility index (Phi) is 4.01. The highest BCUT2D eigenvalue weighted by atomic mass is 32.2. The molecular weight excluding hydrogens is 272 g/mol. The minimum atomic E-state index is -0.0208. The molecule has 2 fully saturated rings. The van der Waals surface area contributed by atoms with E-state index in [2.05, 4.69) is 42.8 Å². The van der Waals surface area contributed by atoms with Crippen molar-refractivity contribution in [3.63, 3.8) is 0 Å². The molecule has 3 unspecified atom stereocenters. The van der Waals surface area contributed by atoms with Gasteiger partial charge in [0, 0.05) is 11.5 Å². The molecule has 4 nitrogen and oxygen atoms in total. The molecule has 0 aromatic heterocycles. The monoisotopic (exact) mass is 292 g/mol. The Balaban J connectivity index is 1.85. The smallest absolute Gasteiger partial charge is 0.238 e. The molecule has 0 saturated carbocycles. The third-order valence-corrected chi connectivity index (χ3v) is 4.88. The second kappa shape index (κ2) is 5.76. The molecule has 0 aliphatic carbocycles. The van der Waals surface area contributed by atoms with E-state index in [9.17, 15) is 4.79 Å². The molecule has 1 N–H and O–H groups in total. The van der Waals surface area contributed by atoms with E-state index < -0.39 is 0 Å². The fourth-order valence-electron chi connectivity index (χ4n) is 3.04. The third-order valence-electron chi connectivity index (χ3n) is 4.14. The lowest BCUT2D eigenvalue weighted by molar-refractivity contribution is -0.131. The lowest BCUT2D eigenvalue weighted by Crippen LogP contribution is -2.43. The van der Waals surface area contributed by atoms with Gasteiger partial charge in [-0.05, 0) is 37.3 Å². The number of hydrogen-bond acceptors (Lipinski definition) is 4. The van der Waals surface area contributed by atoms with E-state index in [0.29, 0.717) is 6.54 Å². The normalized spacial score (nSPS) is 30.2. The molecule has 2 aliphatic heterocycles. The maximum atomic E-state index is 12.2. The minimum Gasteiger partial charge on any atom is -0.376 e. The standard InChI is InChI=1S/C15H20N2O2S/c1-10-13(7-8-19-10)17-14(18)9-16-15(17)11-3-5-12(20-2)6-4-11/h3-6,10,13,15-16H,7-9H2,1-2H3. The first-order valence-electron chi connectivity index (χ1n) is 7.01. The van der Waals surface area contributed by atoms with Crippen LogP contribution in [0.25, 0.3) is 0 Å². The first-order valence-corrected chi connectivity index (χ1v) is 8.23. The van der Waals surface area contributed by atoms with Crippen molar-refractivity contribution in [2.45, 2.75) is 36.6 Å². The topological polar surface area (TPSA) is 41.6 Å². The van der Waals surface area contributed by atoms with Crippen molar-refractivity contribution in [1.82, 2.24) is 10.2 Å². The van der Waals surface area contributed by atoms with Crippen LogP contribution in [0.4, 0.5) is 0 Å². The second-order valence-electron chi connectivity index (χ2n) is 5.29. The van der Waals surface area contributed by atoms with Crippen LogP contribution < -0.4 is 5.32 Å². The fourth-order valence-corrected chi connectivity index (χ4v) is 3.45. The minimum absolute atomic E-state index is 0.0208. The number of nitrogens with zero attached hydrogens (tertiary/aromatic N) is 1. The van der Waals surface area contributed by atoms with Gasteiger partial charge in [-0.25, -0.2) is 0 Å².